The van der Waals surface area contributed by atoms with E-state index in [1.54, 1.807) is 0 Å². The molecule has 1 aromatic rings. The molecule has 0 radical (unpaired) electrons. The molecule has 3 heteroatoms. The summed E-state index contributed by atoms with van der Waals surface area (Å²) in [4.78, 5) is 0. The molecule has 0 aliphatic carbocycles. The lowest BCUT2D eigenvalue weighted by molar-refractivity contribution is 0.0224. The van der Waals surface area contributed by atoms with E-state index in [-0.39, 0.29) is 12.2 Å². The summed E-state index contributed by atoms with van der Waals surface area (Å²) in [6.07, 6.45) is 0.488. The molecule has 0 aromatic heterocycles. The van der Waals surface area contributed by atoms with Crippen LogP contribution in [0.4, 0.5) is 0 Å². The van der Waals surface area contributed by atoms with E-state index in [4.69, 9.17) is 4.74 Å². The van der Waals surface area contributed by atoms with Crippen molar-refractivity contribution >= 4 is 38.5 Å². The maximum atomic E-state index is 5.80. The van der Waals surface area contributed by atoms with Gasteiger partial charge in [-0.15, -0.1) is 0 Å². The van der Waals surface area contributed by atoms with Crippen molar-refractivity contribution < 1.29 is 4.74 Å². The molecule has 0 N–H and O–H groups in total. The van der Waals surface area contributed by atoms with Crippen molar-refractivity contribution in [2.24, 2.45) is 0 Å². The van der Waals surface area contributed by atoms with E-state index in [2.05, 4.69) is 76.6 Å². The lowest BCUT2D eigenvalue weighted by atomic mass is 10.1. The van der Waals surface area contributed by atoms with Crippen LogP contribution in [-0.2, 0) is 4.74 Å². The fourth-order valence-corrected chi connectivity index (χ4v) is 2.19. The smallest absolute Gasteiger partial charge is 0.0917 e. The zero-order valence-electron chi connectivity index (χ0n) is 8.34. The largest absolute Gasteiger partial charge is 0.370 e. The number of halogens is 2. The molecule has 0 amide bonds. The quantitative estimate of drug-likeness (QED) is 0.567. The third kappa shape index (κ3) is 3.87. The summed E-state index contributed by atoms with van der Waals surface area (Å²) in [5.74, 6) is 0. The molecular weight excluding hydrogens is 355 g/mol. The van der Waals surface area contributed by atoms with Gasteiger partial charge in [0, 0.05) is 8.90 Å². The van der Waals surface area contributed by atoms with Gasteiger partial charge in [-0.25, -0.2) is 0 Å². The Morgan fingerprint density at radius 1 is 1.29 bits per heavy atom. The third-order valence-electron chi connectivity index (χ3n) is 1.82. The molecule has 1 atom stereocenters. The van der Waals surface area contributed by atoms with E-state index < -0.39 is 0 Å². The maximum Gasteiger partial charge on any atom is 0.0917 e. The highest BCUT2D eigenvalue weighted by molar-refractivity contribution is 14.1. The summed E-state index contributed by atoms with van der Waals surface area (Å²) < 4.78 is 7.90. The maximum absolute atomic E-state index is 5.80. The Hall–Kier alpha value is 0.390. The van der Waals surface area contributed by atoms with Crippen LogP contribution in [-0.4, -0.2) is 10.5 Å². The molecule has 0 aliphatic rings. The Bertz CT molecular complexity index is 271. The summed E-state index contributed by atoms with van der Waals surface area (Å²) in [6, 6.07) is 8.32. The molecule has 78 valence electrons. The molecule has 14 heavy (non-hydrogen) atoms. The Balaban J connectivity index is 2.73. The molecule has 0 saturated heterocycles. The summed E-state index contributed by atoms with van der Waals surface area (Å²) in [6.45, 7) is 4.14. The van der Waals surface area contributed by atoms with E-state index in [1.807, 2.05) is 0 Å². The molecule has 1 nitrogen and oxygen atoms in total. The van der Waals surface area contributed by atoms with E-state index >= 15 is 0 Å². The second-order valence-electron chi connectivity index (χ2n) is 3.38. The van der Waals surface area contributed by atoms with Crippen molar-refractivity contribution in [1.82, 2.24) is 0 Å². The number of ether oxygens (including phenoxy) is 1. The van der Waals surface area contributed by atoms with Crippen LogP contribution < -0.4 is 0 Å². The van der Waals surface area contributed by atoms with E-state index in [9.17, 15) is 0 Å². The van der Waals surface area contributed by atoms with Crippen molar-refractivity contribution in [3.8, 4) is 0 Å². The molecular formula is C11H14BrIO. The van der Waals surface area contributed by atoms with Crippen LogP contribution in [0, 0.1) is 0 Å². The van der Waals surface area contributed by atoms with Crippen LogP contribution in [0.5, 0.6) is 0 Å². The minimum Gasteiger partial charge on any atom is -0.370 e. The van der Waals surface area contributed by atoms with Crippen molar-refractivity contribution in [1.29, 1.82) is 0 Å². The third-order valence-corrected chi connectivity index (χ3v) is 3.15. The normalized spacial score (nSPS) is 13.2. The number of alkyl halides is 1. The molecule has 0 heterocycles. The molecule has 1 rings (SSSR count). The van der Waals surface area contributed by atoms with Gasteiger partial charge in [0.1, 0.15) is 0 Å². The Labute approximate surface area is 107 Å². The first-order chi connectivity index (χ1) is 6.63. The molecule has 0 spiro atoms. The number of hydrogen-bond donors (Lipinski definition) is 0. The molecule has 0 saturated carbocycles. The van der Waals surface area contributed by atoms with E-state index in [0.717, 1.165) is 8.90 Å². The fraction of sp³-hybridized carbons (Fsp3) is 0.455. The number of benzene rings is 1. The number of rotatable bonds is 4. The average molecular weight is 369 g/mol. The van der Waals surface area contributed by atoms with Gasteiger partial charge in [0.05, 0.1) is 12.2 Å². The standard InChI is InChI=1S/C11H14BrIO/c1-8(2)14-11(7-13)9-3-5-10(12)6-4-9/h3-6,8,11H,7H2,1-2H3. The van der Waals surface area contributed by atoms with Crippen molar-refractivity contribution in [2.75, 3.05) is 4.43 Å². The average Bonchev–Trinajstić information content (AvgIpc) is 2.15. The van der Waals surface area contributed by atoms with Crippen molar-refractivity contribution in [3.63, 3.8) is 0 Å². The van der Waals surface area contributed by atoms with E-state index in [0.29, 0.717) is 0 Å². The van der Waals surface area contributed by atoms with Crippen molar-refractivity contribution in [2.45, 2.75) is 26.1 Å². The highest BCUT2D eigenvalue weighted by Gasteiger charge is 2.11. The fourth-order valence-electron chi connectivity index (χ4n) is 1.21. The molecule has 0 fully saturated rings. The molecule has 0 bridgehead atoms. The van der Waals surface area contributed by atoms with Crippen LogP contribution in [0.25, 0.3) is 0 Å². The minimum atomic E-state index is 0.212. The topological polar surface area (TPSA) is 9.23 Å². The first-order valence-electron chi connectivity index (χ1n) is 4.60. The molecule has 0 aliphatic heterocycles. The predicted molar refractivity (Wildman–Crippen MR) is 72.0 cm³/mol. The van der Waals surface area contributed by atoms with Gasteiger partial charge in [0.15, 0.2) is 0 Å². The molecule has 1 aromatic carbocycles. The van der Waals surface area contributed by atoms with Gasteiger partial charge in [0.25, 0.3) is 0 Å². The summed E-state index contributed by atoms with van der Waals surface area (Å²) >= 11 is 5.78. The van der Waals surface area contributed by atoms with Gasteiger partial charge >= 0.3 is 0 Å². The van der Waals surface area contributed by atoms with Gasteiger partial charge in [-0.05, 0) is 31.5 Å². The zero-order valence-corrected chi connectivity index (χ0v) is 12.1. The molecule has 1 unspecified atom stereocenters. The highest BCUT2D eigenvalue weighted by atomic mass is 127. The monoisotopic (exact) mass is 368 g/mol. The van der Waals surface area contributed by atoms with Gasteiger partial charge in [0.2, 0.25) is 0 Å². The summed E-state index contributed by atoms with van der Waals surface area (Å²) in [5.41, 5.74) is 1.25. The van der Waals surface area contributed by atoms with Crippen LogP contribution >= 0.6 is 38.5 Å². The Kier molecular flexibility index (Phi) is 5.41. The zero-order chi connectivity index (χ0) is 10.6. The highest BCUT2D eigenvalue weighted by Crippen LogP contribution is 2.23. The Morgan fingerprint density at radius 2 is 1.86 bits per heavy atom. The van der Waals surface area contributed by atoms with Gasteiger partial charge in [-0.1, -0.05) is 50.7 Å². The second-order valence-corrected chi connectivity index (χ2v) is 5.18. The minimum absolute atomic E-state index is 0.212. The summed E-state index contributed by atoms with van der Waals surface area (Å²) in [5, 5.41) is 0. The number of hydrogen-bond acceptors (Lipinski definition) is 1. The van der Waals surface area contributed by atoms with Crippen LogP contribution in [0.2, 0.25) is 0 Å². The van der Waals surface area contributed by atoms with Crippen molar-refractivity contribution in [3.05, 3.63) is 34.3 Å². The van der Waals surface area contributed by atoms with Crippen LogP contribution in [0.15, 0.2) is 28.7 Å². The lowest BCUT2D eigenvalue weighted by Gasteiger charge is -2.18. The SMILES string of the molecule is CC(C)OC(CI)c1ccc(Br)cc1. The Morgan fingerprint density at radius 3 is 2.29 bits per heavy atom. The first kappa shape index (κ1) is 12.5. The lowest BCUT2D eigenvalue weighted by Crippen LogP contribution is -2.11. The van der Waals surface area contributed by atoms with E-state index in [1.165, 1.54) is 5.56 Å². The van der Waals surface area contributed by atoms with Gasteiger partial charge < -0.3 is 4.74 Å². The second kappa shape index (κ2) is 6.08. The van der Waals surface area contributed by atoms with Gasteiger partial charge in [-0.2, -0.15) is 0 Å². The summed E-state index contributed by atoms with van der Waals surface area (Å²) in [7, 11) is 0. The van der Waals surface area contributed by atoms with Crippen LogP contribution in [0.1, 0.15) is 25.5 Å². The first-order valence-corrected chi connectivity index (χ1v) is 6.92. The predicted octanol–water partition coefficient (Wildman–Crippen LogP) is 4.35. The van der Waals surface area contributed by atoms with Gasteiger partial charge in [-0.3, -0.25) is 0 Å². The van der Waals surface area contributed by atoms with Crippen LogP contribution in [0.3, 0.4) is 0 Å².